The van der Waals surface area contributed by atoms with Gasteiger partial charge in [-0.3, -0.25) is 9.78 Å². The van der Waals surface area contributed by atoms with E-state index in [-0.39, 0.29) is 11.9 Å². The van der Waals surface area contributed by atoms with Crippen LogP contribution >= 0.6 is 0 Å². The molecule has 0 radical (unpaired) electrons. The molecule has 25 heavy (non-hydrogen) atoms. The highest BCUT2D eigenvalue weighted by molar-refractivity contribution is 5.79. The van der Waals surface area contributed by atoms with E-state index in [0.717, 1.165) is 42.0 Å². The fourth-order valence-corrected chi connectivity index (χ4v) is 3.56. The standard InChI is InChI=1S/C19H21N5O/c1-20-19-17-7-3-9-23(17)13-15(22-19)16-6-4-10-24(16)18(25)11-14-5-2-8-21-12-14/h2-3,5,7-9,12-13,16H,4,6,10-11H2,1H3,(H,20,22)/t16-/m0/s1. The van der Waals surface area contributed by atoms with Crippen molar-refractivity contribution in [2.45, 2.75) is 25.3 Å². The number of carbonyl (C=O) groups excluding carboxylic acids is 1. The van der Waals surface area contributed by atoms with Gasteiger partial charge in [0.1, 0.15) is 5.82 Å². The molecule has 1 amide bonds. The van der Waals surface area contributed by atoms with Crippen molar-refractivity contribution in [1.29, 1.82) is 0 Å². The molecule has 1 atom stereocenters. The molecule has 1 fully saturated rings. The number of likely N-dealkylation sites (tertiary alicyclic amines) is 1. The summed E-state index contributed by atoms with van der Waals surface area (Å²) in [7, 11) is 1.87. The van der Waals surface area contributed by atoms with E-state index in [4.69, 9.17) is 4.98 Å². The van der Waals surface area contributed by atoms with Gasteiger partial charge >= 0.3 is 0 Å². The summed E-state index contributed by atoms with van der Waals surface area (Å²) in [4.78, 5) is 23.6. The highest BCUT2D eigenvalue weighted by atomic mass is 16.2. The van der Waals surface area contributed by atoms with Gasteiger partial charge in [-0.25, -0.2) is 4.98 Å². The maximum atomic E-state index is 12.8. The molecule has 4 heterocycles. The number of pyridine rings is 1. The molecule has 128 valence electrons. The van der Waals surface area contributed by atoms with Crippen molar-refractivity contribution >= 4 is 17.2 Å². The average Bonchev–Trinajstić information content (AvgIpc) is 3.30. The van der Waals surface area contributed by atoms with E-state index in [2.05, 4.69) is 14.7 Å². The minimum Gasteiger partial charge on any atom is -0.371 e. The predicted octanol–water partition coefficient (Wildman–Crippen LogP) is 2.68. The molecule has 0 saturated carbocycles. The molecular weight excluding hydrogens is 314 g/mol. The van der Waals surface area contributed by atoms with Crippen molar-refractivity contribution in [2.75, 3.05) is 18.9 Å². The van der Waals surface area contributed by atoms with Gasteiger partial charge in [0.2, 0.25) is 5.91 Å². The minimum atomic E-state index is 0.0306. The molecule has 0 unspecified atom stereocenters. The summed E-state index contributed by atoms with van der Waals surface area (Å²) < 4.78 is 2.07. The second-order valence-electron chi connectivity index (χ2n) is 6.35. The van der Waals surface area contributed by atoms with Crippen molar-refractivity contribution < 1.29 is 4.79 Å². The lowest BCUT2D eigenvalue weighted by Crippen LogP contribution is -2.32. The Balaban J connectivity index is 1.62. The highest BCUT2D eigenvalue weighted by Crippen LogP contribution is 2.32. The number of rotatable bonds is 4. The molecule has 1 N–H and O–H groups in total. The predicted molar refractivity (Wildman–Crippen MR) is 96.4 cm³/mol. The number of anilines is 1. The number of nitrogens with one attached hydrogen (secondary N) is 1. The third-order valence-electron chi connectivity index (χ3n) is 4.76. The number of nitrogens with zero attached hydrogens (tertiary/aromatic N) is 4. The van der Waals surface area contributed by atoms with Gasteiger partial charge in [0.25, 0.3) is 0 Å². The Bertz CT molecular complexity index is 889. The quantitative estimate of drug-likeness (QED) is 0.796. The SMILES string of the molecule is CNc1nc([C@@H]2CCCN2C(=O)Cc2cccnc2)cn2cccc12. The first-order valence-electron chi connectivity index (χ1n) is 8.60. The normalized spacial score (nSPS) is 17.2. The Hall–Kier alpha value is -2.89. The summed E-state index contributed by atoms with van der Waals surface area (Å²) in [6, 6.07) is 7.87. The van der Waals surface area contributed by atoms with Gasteiger partial charge in [-0.1, -0.05) is 6.07 Å². The fourth-order valence-electron chi connectivity index (χ4n) is 3.56. The lowest BCUT2D eigenvalue weighted by atomic mass is 10.1. The van der Waals surface area contributed by atoms with E-state index in [0.29, 0.717) is 6.42 Å². The van der Waals surface area contributed by atoms with E-state index >= 15 is 0 Å². The van der Waals surface area contributed by atoms with Crippen molar-refractivity contribution in [3.63, 3.8) is 0 Å². The van der Waals surface area contributed by atoms with Gasteiger partial charge in [0, 0.05) is 38.4 Å². The number of aromatic nitrogens is 3. The molecule has 6 heteroatoms. The highest BCUT2D eigenvalue weighted by Gasteiger charge is 2.31. The Morgan fingerprint density at radius 3 is 3.08 bits per heavy atom. The van der Waals surface area contributed by atoms with E-state index in [1.54, 1.807) is 12.4 Å². The van der Waals surface area contributed by atoms with Gasteiger partial charge in [-0.05, 0) is 36.6 Å². The lowest BCUT2D eigenvalue weighted by Gasteiger charge is -2.25. The molecule has 1 saturated heterocycles. The van der Waals surface area contributed by atoms with Gasteiger partial charge in [-0.15, -0.1) is 0 Å². The van der Waals surface area contributed by atoms with E-state index in [9.17, 15) is 4.79 Å². The van der Waals surface area contributed by atoms with Crippen molar-refractivity contribution in [2.24, 2.45) is 0 Å². The molecule has 6 nitrogen and oxygen atoms in total. The zero-order valence-corrected chi connectivity index (χ0v) is 14.2. The molecule has 3 aromatic rings. The van der Waals surface area contributed by atoms with Crippen LogP contribution in [-0.2, 0) is 11.2 Å². The lowest BCUT2D eigenvalue weighted by molar-refractivity contribution is -0.131. The summed E-state index contributed by atoms with van der Waals surface area (Å²) in [5.41, 5.74) is 2.92. The Morgan fingerprint density at radius 1 is 1.36 bits per heavy atom. The van der Waals surface area contributed by atoms with Gasteiger partial charge in [0.05, 0.1) is 23.7 Å². The van der Waals surface area contributed by atoms with Crippen molar-refractivity contribution in [3.8, 4) is 0 Å². The van der Waals surface area contributed by atoms with Gasteiger partial charge in [-0.2, -0.15) is 0 Å². The molecular formula is C19H21N5O. The summed E-state index contributed by atoms with van der Waals surface area (Å²) in [6.45, 7) is 0.782. The summed E-state index contributed by atoms with van der Waals surface area (Å²) in [5.74, 6) is 0.977. The number of hydrogen-bond acceptors (Lipinski definition) is 4. The maximum Gasteiger partial charge on any atom is 0.227 e. The van der Waals surface area contributed by atoms with Crippen LogP contribution in [0.25, 0.3) is 5.52 Å². The molecule has 0 spiro atoms. The largest absolute Gasteiger partial charge is 0.371 e. The van der Waals surface area contributed by atoms with Crippen LogP contribution in [0.5, 0.6) is 0 Å². The summed E-state index contributed by atoms with van der Waals surface area (Å²) in [6.07, 6.45) is 9.86. The fraction of sp³-hybridized carbons (Fsp3) is 0.316. The summed E-state index contributed by atoms with van der Waals surface area (Å²) in [5, 5.41) is 3.16. The number of fused-ring (bicyclic) bond motifs is 1. The topological polar surface area (TPSA) is 62.5 Å². The van der Waals surface area contributed by atoms with E-state index in [1.165, 1.54) is 0 Å². The molecule has 1 aliphatic heterocycles. The zero-order chi connectivity index (χ0) is 17.2. The van der Waals surface area contributed by atoms with Crippen LogP contribution in [-0.4, -0.2) is 38.8 Å². The van der Waals surface area contributed by atoms with E-state index < -0.39 is 0 Å². The summed E-state index contributed by atoms with van der Waals surface area (Å²) >= 11 is 0. The third kappa shape index (κ3) is 2.95. The van der Waals surface area contributed by atoms with E-state index in [1.807, 2.05) is 48.6 Å². The Morgan fingerprint density at radius 2 is 2.28 bits per heavy atom. The van der Waals surface area contributed by atoms with Crippen LogP contribution < -0.4 is 5.32 Å². The minimum absolute atomic E-state index is 0.0306. The van der Waals surface area contributed by atoms with Crippen molar-refractivity contribution in [3.05, 3.63) is 60.3 Å². The smallest absolute Gasteiger partial charge is 0.227 e. The second kappa shape index (κ2) is 6.55. The molecule has 3 aromatic heterocycles. The zero-order valence-electron chi connectivity index (χ0n) is 14.2. The third-order valence-corrected chi connectivity index (χ3v) is 4.76. The van der Waals surface area contributed by atoms with Crippen LogP contribution in [0.1, 0.15) is 30.1 Å². The monoisotopic (exact) mass is 335 g/mol. The van der Waals surface area contributed by atoms with Gasteiger partial charge in [0.15, 0.2) is 0 Å². The van der Waals surface area contributed by atoms with Crippen LogP contribution in [0.3, 0.4) is 0 Å². The second-order valence-corrected chi connectivity index (χ2v) is 6.35. The average molecular weight is 335 g/mol. The molecule has 1 aliphatic rings. The molecule has 0 bridgehead atoms. The van der Waals surface area contributed by atoms with Crippen LogP contribution in [0.2, 0.25) is 0 Å². The maximum absolute atomic E-state index is 12.8. The van der Waals surface area contributed by atoms with Crippen molar-refractivity contribution in [1.82, 2.24) is 19.3 Å². The first-order chi connectivity index (χ1) is 12.3. The first kappa shape index (κ1) is 15.6. The Kier molecular flexibility index (Phi) is 4.09. The number of carbonyl (C=O) groups is 1. The first-order valence-corrected chi connectivity index (χ1v) is 8.60. The molecule has 0 aliphatic carbocycles. The van der Waals surface area contributed by atoms with Crippen LogP contribution in [0, 0.1) is 0 Å². The Labute approximate surface area is 146 Å². The van der Waals surface area contributed by atoms with Gasteiger partial charge < -0.3 is 14.6 Å². The number of hydrogen-bond donors (Lipinski definition) is 1. The van der Waals surface area contributed by atoms with Crippen LogP contribution in [0.15, 0.2) is 49.1 Å². The number of amides is 1. The molecule has 0 aromatic carbocycles. The molecule has 4 rings (SSSR count). The van der Waals surface area contributed by atoms with Crippen LogP contribution in [0.4, 0.5) is 5.82 Å².